The molecule has 1 unspecified atom stereocenters. The molecule has 0 aromatic carbocycles. The first-order valence-electron chi connectivity index (χ1n) is 6.19. The highest BCUT2D eigenvalue weighted by Gasteiger charge is 2.21. The standard InChI is InChI=1S/C12H20N4OS/c1-9-7-15(3)4-5-16(9)8-11-6-13-12(18-11)14-10(2)17/h6,9H,4-5,7-8H2,1-3H3,(H,13,14,17). The van der Waals surface area contributed by atoms with E-state index in [0.29, 0.717) is 11.2 Å². The average Bonchev–Trinajstić information content (AvgIpc) is 2.69. The number of hydrogen-bond acceptors (Lipinski definition) is 5. The molecule has 0 saturated carbocycles. The SMILES string of the molecule is CC(=O)Nc1ncc(CN2CCN(C)CC2C)s1. The Morgan fingerprint density at radius 2 is 2.39 bits per heavy atom. The number of likely N-dealkylation sites (N-methyl/N-ethyl adjacent to an activating group) is 1. The minimum absolute atomic E-state index is 0.0659. The van der Waals surface area contributed by atoms with Gasteiger partial charge in [-0.25, -0.2) is 4.98 Å². The molecule has 0 bridgehead atoms. The molecule has 6 heteroatoms. The smallest absolute Gasteiger partial charge is 0.223 e. The van der Waals surface area contributed by atoms with Crippen molar-refractivity contribution in [1.29, 1.82) is 0 Å². The number of amides is 1. The van der Waals surface area contributed by atoms with Crippen molar-refractivity contribution >= 4 is 22.4 Å². The summed E-state index contributed by atoms with van der Waals surface area (Å²) in [7, 11) is 2.16. The van der Waals surface area contributed by atoms with Crippen LogP contribution in [0.3, 0.4) is 0 Å². The van der Waals surface area contributed by atoms with Crippen molar-refractivity contribution in [2.75, 3.05) is 32.0 Å². The van der Waals surface area contributed by atoms with Gasteiger partial charge >= 0.3 is 0 Å². The van der Waals surface area contributed by atoms with E-state index in [2.05, 4.69) is 34.1 Å². The number of piperazine rings is 1. The van der Waals surface area contributed by atoms with Gasteiger partial charge in [0.05, 0.1) is 0 Å². The van der Waals surface area contributed by atoms with Crippen LogP contribution in [-0.2, 0) is 11.3 Å². The lowest BCUT2D eigenvalue weighted by molar-refractivity contribution is -0.114. The first-order valence-corrected chi connectivity index (χ1v) is 7.01. The molecule has 1 saturated heterocycles. The Hall–Kier alpha value is -0.980. The molecule has 5 nitrogen and oxygen atoms in total. The molecule has 1 aliphatic heterocycles. The highest BCUT2D eigenvalue weighted by atomic mass is 32.1. The first-order chi connectivity index (χ1) is 8.54. The number of rotatable bonds is 3. The molecule has 1 atom stereocenters. The maximum Gasteiger partial charge on any atom is 0.223 e. The lowest BCUT2D eigenvalue weighted by Gasteiger charge is -2.37. The third-order valence-corrected chi connectivity index (χ3v) is 4.06. The molecule has 1 N–H and O–H groups in total. The van der Waals surface area contributed by atoms with E-state index in [-0.39, 0.29) is 5.91 Å². The summed E-state index contributed by atoms with van der Waals surface area (Å²) in [6, 6.07) is 0.565. The Bertz CT molecular complexity index is 420. The Morgan fingerprint density at radius 1 is 1.61 bits per heavy atom. The Morgan fingerprint density at radius 3 is 3.06 bits per heavy atom. The van der Waals surface area contributed by atoms with E-state index in [1.807, 2.05) is 6.20 Å². The molecule has 2 rings (SSSR count). The van der Waals surface area contributed by atoms with Gasteiger partial charge in [0.15, 0.2) is 5.13 Å². The van der Waals surface area contributed by atoms with Crippen LogP contribution in [0.2, 0.25) is 0 Å². The van der Waals surface area contributed by atoms with Crippen LogP contribution in [0.25, 0.3) is 0 Å². The molecular weight excluding hydrogens is 248 g/mol. The number of carbonyl (C=O) groups is 1. The number of nitrogens with zero attached hydrogens (tertiary/aromatic N) is 3. The summed E-state index contributed by atoms with van der Waals surface area (Å²) in [4.78, 5) is 21.2. The van der Waals surface area contributed by atoms with Crippen molar-refractivity contribution in [3.63, 3.8) is 0 Å². The molecule has 1 aromatic rings. The van der Waals surface area contributed by atoms with E-state index >= 15 is 0 Å². The van der Waals surface area contributed by atoms with Gasteiger partial charge in [-0.2, -0.15) is 0 Å². The maximum atomic E-state index is 10.9. The van der Waals surface area contributed by atoms with E-state index < -0.39 is 0 Å². The zero-order valence-electron chi connectivity index (χ0n) is 11.1. The van der Waals surface area contributed by atoms with Gasteiger partial charge in [0.1, 0.15) is 0 Å². The van der Waals surface area contributed by atoms with Gasteiger partial charge in [-0.1, -0.05) is 0 Å². The summed E-state index contributed by atoms with van der Waals surface area (Å²) in [5.74, 6) is -0.0659. The van der Waals surface area contributed by atoms with Crippen LogP contribution in [0.15, 0.2) is 6.20 Å². The van der Waals surface area contributed by atoms with Crippen LogP contribution < -0.4 is 5.32 Å². The van der Waals surface area contributed by atoms with Gasteiger partial charge in [-0.3, -0.25) is 9.69 Å². The molecular formula is C12H20N4OS. The van der Waals surface area contributed by atoms with Gasteiger partial charge in [0.25, 0.3) is 0 Å². The molecule has 0 aliphatic carbocycles. The molecule has 100 valence electrons. The normalized spacial score (nSPS) is 22.1. The largest absolute Gasteiger partial charge is 0.304 e. The molecule has 2 heterocycles. The van der Waals surface area contributed by atoms with E-state index in [0.717, 1.165) is 26.2 Å². The molecule has 1 aromatic heterocycles. The van der Waals surface area contributed by atoms with Gasteiger partial charge in [0.2, 0.25) is 5.91 Å². The van der Waals surface area contributed by atoms with Crippen LogP contribution in [0.4, 0.5) is 5.13 Å². The number of hydrogen-bond donors (Lipinski definition) is 1. The first kappa shape index (κ1) is 13.5. The van der Waals surface area contributed by atoms with Crippen LogP contribution >= 0.6 is 11.3 Å². The summed E-state index contributed by atoms with van der Waals surface area (Å²) >= 11 is 1.56. The van der Waals surface area contributed by atoms with E-state index in [1.54, 1.807) is 11.3 Å². The van der Waals surface area contributed by atoms with E-state index in [9.17, 15) is 4.79 Å². The molecule has 1 aliphatic rings. The number of carbonyl (C=O) groups excluding carboxylic acids is 1. The fourth-order valence-corrected chi connectivity index (χ4v) is 3.09. The van der Waals surface area contributed by atoms with Crippen LogP contribution in [0.1, 0.15) is 18.7 Å². The number of anilines is 1. The quantitative estimate of drug-likeness (QED) is 0.896. The number of thiazole rings is 1. The Balaban J connectivity index is 1.92. The summed E-state index contributed by atoms with van der Waals surface area (Å²) < 4.78 is 0. The van der Waals surface area contributed by atoms with Gasteiger partial charge in [-0.15, -0.1) is 11.3 Å². The molecule has 1 amide bonds. The second kappa shape index (κ2) is 5.77. The third kappa shape index (κ3) is 3.51. The summed E-state index contributed by atoms with van der Waals surface area (Å²) in [6.45, 7) is 7.99. The van der Waals surface area contributed by atoms with Gasteiger partial charge < -0.3 is 10.2 Å². The third-order valence-electron chi connectivity index (χ3n) is 3.16. The predicted molar refractivity (Wildman–Crippen MR) is 73.8 cm³/mol. The minimum atomic E-state index is -0.0659. The van der Waals surface area contributed by atoms with Crippen LogP contribution in [0, 0.1) is 0 Å². The van der Waals surface area contributed by atoms with Crippen molar-refractivity contribution in [1.82, 2.24) is 14.8 Å². The van der Waals surface area contributed by atoms with Crippen molar-refractivity contribution in [3.05, 3.63) is 11.1 Å². The van der Waals surface area contributed by atoms with Crippen LogP contribution in [0.5, 0.6) is 0 Å². The maximum absolute atomic E-state index is 10.9. The molecule has 0 spiro atoms. The lowest BCUT2D eigenvalue weighted by Crippen LogP contribution is -2.49. The molecule has 0 radical (unpaired) electrons. The minimum Gasteiger partial charge on any atom is -0.304 e. The summed E-state index contributed by atoms with van der Waals surface area (Å²) in [6.07, 6.45) is 1.86. The van der Waals surface area contributed by atoms with Crippen molar-refractivity contribution in [2.24, 2.45) is 0 Å². The Labute approximate surface area is 112 Å². The fourth-order valence-electron chi connectivity index (χ4n) is 2.20. The van der Waals surface area contributed by atoms with Crippen molar-refractivity contribution in [2.45, 2.75) is 26.4 Å². The number of aromatic nitrogens is 1. The van der Waals surface area contributed by atoms with E-state index in [1.165, 1.54) is 11.8 Å². The number of nitrogens with one attached hydrogen (secondary N) is 1. The van der Waals surface area contributed by atoms with Crippen molar-refractivity contribution < 1.29 is 4.79 Å². The summed E-state index contributed by atoms with van der Waals surface area (Å²) in [5, 5.41) is 3.42. The predicted octanol–water partition coefficient (Wildman–Crippen LogP) is 1.24. The monoisotopic (exact) mass is 268 g/mol. The molecule has 1 fully saturated rings. The fraction of sp³-hybridized carbons (Fsp3) is 0.667. The zero-order chi connectivity index (χ0) is 13.1. The van der Waals surface area contributed by atoms with Gasteiger partial charge in [-0.05, 0) is 14.0 Å². The van der Waals surface area contributed by atoms with Gasteiger partial charge in [0, 0.05) is 50.2 Å². The zero-order valence-corrected chi connectivity index (χ0v) is 12.0. The highest BCUT2D eigenvalue weighted by Crippen LogP contribution is 2.21. The molecule has 18 heavy (non-hydrogen) atoms. The lowest BCUT2D eigenvalue weighted by atomic mass is 10.2. The average molecular weight is 268 g/mol. The summed E-state index contributed by atoms with van der Waals surface area (Å²) in [5.41, 5.74) is 0. The van der Waals surface area contributed by atoms with Crippen LogP contribution in [-0.4, -0.2) is 53.4 Å². The van der Waals surface area contributed by atoms with Crippen molar-refractivity contribution in [3.8, 4) is 0 Å². The van der Waals surface area contributed by atoms with E-state index in [4.69, 9.17) is 0 Å². The Kier molecular flexibility index (Phi) is 4.31. The topological polar surface area (TPSA) is 48.5 Å². The highest BCUT2D eigenvalue weighted by molar-refractivity contribution is 7.15. The second-order valence-electron chi connectivity index (χ2n) is 4.89. The second-order valence-corrected chi connectivity index (χ2v) is 6.01.